The van der Waals surface area contributed by atoms with E-state index in [9.17, 15) is 4.11 Å². The molecule has 82 heavy (non-hydrogen) atoms. The lowest BCUT2D eigenvalue weighted by atomic mass is 9.32. The fourth-order valence-corrected chi connectivity index (χ4v) is 19.8. The second kappa shape index (κ2) is 16.0. The van der Waals surface area contributed by atoms with Crippen molar-refractivity contribution < 1.29 is 4.11 Å². The second-order valence-electron chi connectivity index (χ2n) is 32.6. The molecule has 8 aliphatic rings. The summed E-state index contributed by atoms with van der Waals surface area (Å²) in [5.74, 6) is 0. The van der Waals surface area contributed by atoms with Gasteiger partial charge >= 0.3 is 0 Å². The molecule has 5 heterocycles. The molecule has 7 aromatic carbocycles. The molecule has 420 valence electrons. The number of benzene rings is 7. The van der Waals surface area contributed by atoms with Crippen molar-refractivity contribution in [2.45, 2.75) is 220 Å². The number of nitrogens with zero attached hydrogens (tertiary/aromatic N) is 3. The Hall–Kier alpha value is -6.00. The monoisotopic (exact) mass is 1080 g/mol. The van der Waals surface area contributed by atoms with Crippen molar-refractivity contribution in [3.05, 3.63) is 166 Å². The first-order valence-corrected chi connectivity index (χ1v) is 31.6. The molecule has 2 fully saturated rings. The molecule has 2 saturated carbocycles. The normalized spacial score (nSPS) is 26.1. The van der Waals surface area contributed by atoms with Gasteiger partial charge in [0, 0.05) is 61.3 Å². The molecule has 15 rings (SSSR count). The van der Waals surface area contributed by atoms with Crippen molar-refractivity contribution in [1.29, 1.82) is 0 Å². The van der Waals surface area contributed by atoms with Crippen LogP contribution in [0, 0.1) is 10.8 Å². The van der Waals surface area contributed by atoms with Crippen LogP contribution in [0.1, 0.15) is 225 Å². The van der Waals surface area contributed by atoms with Crippen LogP contribution in [0.2, 0.25) is 0 Å². The smallest absolute Gasteiger partial charge is 0.252 e. The van der Waals surface area contributed by atoms with Gasteiger partial charge in [-0.3, -0.25) is 0 Å². The van der Waals surface area contributed by atoms with Crippen LogP contribution in [0.25, 0.3) is 22.3 Å². The number of anilines is 7. The summed E-state index contributed by atoms with van der Waals surface area (Å²) in [6.45, 7) is 43.5. The first-order chi connectivity index (χ1) is 39.7. The van der Waals surface area contributed by atoms with Gasteiger partial charge in [-0.05, 0) is 181 Å². The molecule has 3 aliphatic carbocycles. The van der Waals surface area contributed by atoms with Crippen LogP contribution in [0.4, 0.5) is 39.8 Å². The van der Waals surface area contributed by atoms with E-state index < -0.39 is 16.4 Å². The van der Waals surface area contributed by atoms with Crippen LogP contribution in [-0.2, 0) is 32.5 Å². The van der Waals surface area contributed by atoms with E-state index in [1.807, 2.05) is 0 Å². The molecule has 4 heteroatoms. The van der Waals surface area contributed by atoms with Crippen LogP contribution in [-0.4, -0.2) is 17.8 Å². The molecule has 0 aromatic heterocycles. The summed E-state index contributed by atoms with van der Waals surface area (Å²) in [5, 5.41) is 0. The van der Waals surface area contributed by atoms with Gasteiger partial charge in [-0.25, -0.2) is 0 Å². The van der Waals surface area contributed by atoms with E-state index in [0.717, 1.165) is 67.6 Å². The highest BCUT2D eigenvalue weighted by Gasteiger charge is 2.65. The fraction of sp³-hybridized carbons (Fsp3) is 0.462. The maximum absolute atomic E-state index is 10.4. The predicted molar refractivity (Wildman–Crippen MR) is 351 cm³/mol. The number of hydrogen-bond donors (Lipinski definition) is 0. The highest BCUT2D eigenvalue weighted by Crippen LogP contribution is 2.68. The molecule has 0 N–H and O–H groups in total. The van der Waals surface area contributed by atoms with Gasteiger partial charge in [-0.2, -0.15) is 0 Å². The van der Waals surface area contributed by atoms with Crippen LogP contribution < -0.4 is 31.1 Å². The zero-order valence-corrected chi connectivity index (χ0v) is 52.9. The molecule has 4 unspecified atom stereocenters. The highest BCUT2D eigenvalue weighted by molar-refractivity contribution is 7.01. The molecule has 0 radical (unpaired) electrons. The van der Waals surface area contributed by atoms with Crippen molar-refractivity contribution in [3.8, 4) is 22.3 Å². The van der Waals surface area contributed by atoms with Crippen molar-refractivity contribution in [3.63, 3.8) is 0 Å². The highest BCUT2D eigenvalue weighted by atomic mass is 15.3. The topological polar surface area (TPSA) is 9.72 Å². The number of fused-ring (bicyclic) bond motifs is 9. The van der Waals surface area contributed by atoms with Gasteiger partial charge in [0.1, 0.15) is 0 Å². The lowest BCUT2D eigenvalue weighted by Crippen LogP contribution is -2.65. The van der Waals surface area contributed by atoms with Crippen molar-refractivity contribution in [2.75, 3.05) is 14.7 Å². The van der Waals surface area contributed by atoms with E-state index >= 15 is 0 Å². The summed E-state index contributed by atoms with van der Waals surface area (Å²) in [7, 11) is 0. The van der Waals surface area contributed by atoms with Crippen LogP contribution >= 0.6 is 0 Å². The van der Waals surface area contributed by atoms with Crippen molar-refractivity contribution in [2.24, 2.45) is 10.8 Å². The minimum Gasteiger partial charge on any atom is -0.335 e. The zero-order chi connectivity index (χ0) is 60.4. The molecule has 4 bridgehead atoms. The number of hydrogen-bond acceptors (Lipinski definition) is 3. The van der Waals surface area contributed by atoms with E-state index in [0.29, 0.717) is 11.6 Å². The molecule has 0 saturated heterocycles. The maximum atomic E-state index is 10.4. The summed E-state index contributed by atoms with van der Waals surface area (Å²) >= 11 is 0. The standard InChI is InChI=1S/C78H90BN3/c1-69(2,3)48-29-33-60(53(40-48)47-26-20-19-21-27-47)80-62-35-32-56-65-54-41-50(28-31-55(54)73(56,13)14)78(71(7,8)9,72(10,11)12)51-43-58-68-59(44-51)79(67(62)65)66-63(80)45-52(46-64(66)82(68)77(18)39-25-23-37-75(58,77)16)81-61-34-30-49(70(4,5)6)42-57(61)74(15)36-22-24-38-76(74,81)17/h19-21,26-35,40-46H,22-25,36-39H2,1-18H3/i30D,34D,42D. The Balaban J connectivity index is 1.16. The SMILES string of the molecule is [2H]c1c([2H])c(C(C)(C)C)c([2H])c2c1N(c1cc3c4c(c1)N1c5c6cc(cc5C5(C)CCCCC15C)C(C(C)(C)C)(C(C)(C)C)c1ccc5c(c1)-c1c(ccc(c1B64)N3c1ccc(C(C)(C)C)cc1-c1ccccc1)C5(C)C)C1(C)CCCCC21C. The molecule has 0 spiro atoms. The molecule has 5 aliphatic heterocycles. The van der Waals surface area contributed by atoms with Crippen LogP contribution in [0.5, 0.6) is 0 Å². The van der Waals surface area contributed by atoms with Gasteiger partial charge in [-0.1, -0.05) is 215 Å². The van der Waals surface area contributed by atoms with Gasteiger partial charge in [0.15, 0.2) is 0 Å². The third-order valence-corrected chi connectivity index (χ3v) is 24.0. The van der Waals surface area contributed by atoms with Gasteiger partial charge in [0.25, 0.3) is 6.71 Å². The Labute approximate surface area is 497 Å². The third-order valence-electron chi connectivity index (χ3n) is 24.0. The largest absolute Gasteiger partial charge is 0.335 e. The van der Waals surface area contributed by atoms with E-state index in [1.54, 1.807) is 0 Å². The first-order valence-electron chi connectivity index (χ1n) is 33.1. The van der Waals surface area contributed by atoms with Crippen LogP contribution in [0.15, 0.2) is 121 Å². The molecular formula is C78H90BN3. The number of rotatable bonds is 3. The molecule has 3 nitrogen and oxygen atoms in total. The quantitative estimate of drug-likeness (QED) is 0.163. The summed E-state index contributed by atoms with van der Waals surface area (Å²) in [4.78, 5) is 8.20. The third kappa shape index (κ3) is 6.21. The van der Waals surface area contributed by atoms with Crippen molar-refractivity contribution in [1.82, 2.24) is 0 Å². The Bertz CT molecular complexity index is 4110. The van der Waals surface area contributed by atoms with E-state index in [-0.39, 0.29) is 56.8 Å². The lowest BCUT2D eigenvalue weighted by molar-refractivity contribution is 0.0905. The van der Waals surface area contributed by atoms with Gasteiger partial charge in [0.2, 0.25) is 0 Å². The predicted octanol–water partition coefficient (Wildman–Crippen LogP) is 19.0. The second-order valence-corrected chi connectivity index (χ2v) is 32.6. The maximum Gasteiger partial charge on any atom is 0.252 e. The first kappa shape index (κ1) is 49.4. The molecular weight excluding hydrogens is 990 g/mol. The average Bonchev–Trinajstić information content (AvgIpc) is 1.58. The minimum absolute atomic E-state index is 0.0978. The van der Waals surface area contributed by atoms with Gasteiger partial charge in [-0.15, -0.1) is 0 Å². The summed E-state index contributed by atoms with van der Waals surface area (Å²) in [5.41, 5.74) is 24.6. The van der Waals surface area contributed by atoms with E-state index in [1.165, 1.54) is 101 Å². The lowest BCUT2D eigenvalue weighted by Gasteiger charge is -2.56. The van der Waals surface area contributed by atoms with E-state index in [2.05, 4.69) is 242 Å². The average molecular weight is 1080 g/mol. The molecule has 0 amide bonds. The molecule has 4 atom stereocenters. The van der Waals surface area contributed by atoms with Gasteiger partial charge in [0.05, 0.1) is 20.9 Å². The summed E-state index contributed by atoms with van der Waals surface area (Å²) in [6, 6.07) is 42.9. The molecule has 7 aromatic rings. The fourth-order valence-electron chi connectivity index (χ4n) is 19.8. The minimum atomic E-state index is -0.488. The van der Waals surface area contributed by atoms with Crippen molar-refractivity contribution >= 4 is 62.9 Å². The Morgan fingerprint density at radius 1 is 0.476 bits per heavy atom. The summed E-state index contributed by atoms with van der Waals surface area (Å²) in [6.07, 6.45) is 8.51. The van der Waals surface area contributed by atoms with E-state index in [4.69, 9.17) is 0 Å². The Kier molecular flexibility index (Phi) is 9.67. The van der Waals surface area contributed by atoms with Gasteiger partial charge < -0.3 is 14.7 Å². The Morgan fingerprint density at radius 3 is 1.74 bits per heavy atom. The Morgan fingerprint density at radius 2 is 1.09 bits per heavy atom. The zero-order valence-electron chi connectivity index (χ0n) is 55.9. The van der Waals surface area contributed by atoms with Crippen LogP contribution in [0.3, 0.4) is 0 Å². The summed E-state index contributed by atoms with van der Waals surface area (Å²) < 4.78 is 30.8.